The Morgan fingerprint density at radius 2 is 1.08 bits per heavy atom. The van der Waals surface area contributed by atoms with E-state index in [1.54, 1.807) is 11.3 Å². The Morgan fingerprint density at radius 1 is 0.429 bits per heavy atom. The molecule has 0 bridgehead atoms. The lowest BCUT2D eigenvalue weighted by Crippen LogP contribution is -2.10. The van der Waals surface area contributed by atoms with E-state index in [-0.39, 0.29) is 0 Å². The number of benzene rings is 8. The molecule has 0 spiro atoms. The fraction of sp³-hybridized carbons (Fsp3) is 0. The Bertz CT molecular complexity index is 2840. The van der Waals surface area contributed by atoms with Crippen LogP contribution < -0.4 is 4.90 Å². The van der Waals surface area contributed by atoms with Gasteiger partial charge in [-0.1, -0.05) is 115 Å². The van der Waals surface area contributed by atoms with Crippen LogP contribution in [0.3, 0.4) is 0 Å². The van der Waals surface area contributed by atoms with E-state index in [0.717, 1.165) is 55.1 Å². The van der Waals surface area contributed by atoms with Crippen molar-refractivity contribution in [3.63, 3.8) is 0 Å². The number of anilines is 3. The highest BCUT2D eigenvalue weighted by molar-refractivity contribution is 7.22. The van der Waals surface area contributed by atoms with Gasteiger partial charge in [0.25, 0.3) is 0 Å². The quantitative estimate of drug-likeness (QED) is 0.175. The average molecular weight is 645 g/mol. The smallest absolute Gasteiger partial charge is 0.137 e. The summed E-state index contributed by atoms with van der Waals surface area (Å²) in [5, 5.41) is 8.15. The maximum absolute atomic E-state index is 6.38. The molecule has 0 radical (unpaired) electrons. The first-order chi connectivity index (χ1) is 24.3. The molecule has 230 valence electrons. The van der Waals surface area contributed by atoms with Gasteiger partial charge >= 0.3 is 0 Å². The lowest BCUT2D eigenvalue weighted by Gasteiger charge is -2.26. The van der Waals surface area contributed by atoms with Crippen LogP contribution in [0.4, 0.5) is 17.1 Å². The summed E-state index contributed by atoms with van der Waals surface area (Å²) in [6, 6.07) is 60.3. The number of fused-ring (bicyclic) bond motifs is 8. The molecule has 0 aliphatic rings. The minimum atomic E-state index is 0.871. The van der Waals surface area contributed by atoms with Gasteiger partial charge in [0.2, 0.25) is 0 Å². The van der Waals surface area contributed by atoms with Crippen LogP contribution in [0.1, 0.15) is 0 Å². The number of hydrogen-bond donors (Lipinski definition) is 0. The Labute approximate surface area is 286 Å². The Morgan fingerprint density at radius 3 is 1.96 bits per heavy atom. The van der Waals surface area contributed by atoms with Gasteiger partial charge in [-0.25, -0.2) is 4.98 Å². The van der Waals surface area contributed by atoms with Gasteiger partial charge in [0.15, 0.2) is 0 Å². The second kappa shape index (κ2) is 11.2. The third-order valence-electron chi connectivity index (χ3n) is 9.46. The van der Waals surface area contributed by atoms with Crippen molar-refractivity contribution in [2.45, 2.75) is 0 Å². The molecule has 2 aromatic heterocycles. The van der Waals surface area contributed by atoms with Gasteiger partial charge in [0.05, 0.1) is 10.2 Å². The molecular weight excluding hydrogens is 617 g/mol. The summed E-state index contributed by atoms with van der Waals surface area (Å²) >= 11 is 1.76. The van der Waals surface area contributed by atoms with Crippen LogP contribution in [0.2, 0.25) is 0 Å². The summed E-state index contributed by atoms with van der Waals surface area (Å²) in [6.07, 6.45) is 0. The van der Waals surface area contributed by atoms with Crippen LogP contribution in [0.5, 0.6) is 0 Å². The molecule has 4 heteroatoms. The van der Waals surface area contributed by atoms with Gasteiger partial charge in [-0.3, -0.25) is 0 Å². The number of rotatable bonds is 5. The lowest BCUT2D eigenvalue weighted by atomic mass is 10.00. The molecule has 0 fully saturated rings. The number of thiazole rings is 1. The van der Waals surface area contributed by atoms with Crippen LogP contribution >= 0.6 is 11.3 Å². The minimum Gasteiger partial charge on any atom is -0.456 e. The summed E-state index contributed by atoms with van der Waals surface area (Å²) in [5.41, 5.74) is 9.49. The number of aromatic nitrogens is 1. The summed E-state index contributed by atoms with van der Waals surface area (Å²) < 4.78 is 7.59. The first-order valence-corrected chi connectivity index (χ1v) is 17.3. The van der Waals surface area contributed by atoms with Gasteiger partial charge in [-0.05, 0) is 75.8 Å². The molecule has 0 aliphatic heterocycles. The van der Waals surface area contributed by atoms with Crippen LogP contribution in [0.15, 0.2) is 174 Å². The largest absolute Gasteiger partial charge is 0.456 e. The van der Waals surface area contributed by atoms with Crippen molar-refractivity contribution in [2.75, 3.05) is 4.90 Å². The maximum atomic E-state index is 6.38. The third-order valence-corrected chi connectivity index (χ3v) is 10.6. The fourth-order valence-corrected chi connectivity index (χ4v) is 8.21. The van der Waals surface area contributed by atoms with E-state index in [1.807, 2.05) is 18.2 Å². The SMILES string of the molecule is c1ccc(-c2cccc(N(c3ccc4c(c3)oc3ccccc34)c3ccc4ccc5c(ccc6nc(-c7ccccc7)sc65)c4c3)c2)cc1. The highest BCUT2D eigenvalue weighted by Gasteiger charge is 2.18. The van der Waals surface area contributed by atoms with E-state index in [9.17, 15) is 0 Å². The Kier molecular flexibility index (Phi) is 6.36. The molecular formula is C45H28N2OS. The van der Waals surface area contributed by atoms with E-state index in [2.05, 4.69) is 157 Å². The van der Waals surface area contributed by atoms with Crippen LogP contribution in [-0.2, 0) is 0 Å². The predicted octanol–water partition coefficient (Wildman–Crippen LogP) is 13.3. The van der Waals surface area contributed by atoms with Crippen molar-refractivity contribution >= 4 is 82.1 Å². The minimum absolute atomic E-state index is 0.871. The second-order valence-corrected chi connectivity index (χ2v) is 13.4. The van der Waals surface area contributed by atoms with Gasteiger partial charge in [-0.15, -0.1) is 11.3 Å². The maximum Gasteiger partial charge on any atom is 0.137 e. The number of nitrogens with zero attached hydrogens (tertiary/aromatic N) is 2. The van der Waals surface area contributed by atoms with Crippen molar-refractivity contribution in [3.8, 4) is 21.7 Å². The van der Waals surface area contributed by atoms with Gasteiger partial charge in [-0.2, -0.15) is 0 Å². The molecule has 0 unspecified atom stereocenters. The highest BCUT2D eigenvalue weighted by atomic mass is 32.1. The number of para-hydroxylation sites is 1. The standard InChI is InChI=1S/C45H28N2OS/c1-3-10-29(11-4-1)32-14-9-15-33(26-32)47(35-21-23-38-37-16-7-8-17-42(37)48-43(38)28-35)34-20-18-30-19-22-39-36(40(30)27-34)24-25-41-44(39)49-45(46-41)31-12-5-2-6-13-31/h1-28H. The van der Waals surface area contributed by atoms with E-state index in [4.69, 9.17) is 9.40 Å². The molecule has 0 saturated heterocycles. The Balaban J connectivity index is 1.18. The summed E-state index contributed by atoms with van der Waals surface area (Å²) in [4.78, 5) is 7.36. The zero-order valence-corrected chi connectivity index (χ0v) is 27.2. The molecule has 0 atom stereocenters. The van der Waals surface area contributed by atoms with E-state index >= 15 is 0 Å². The number of hydrogen-bond acceptors (Lipinski definition) is 4. The van der Waals surface area contributed by atoms with E-state index in [0.29, 0.717) is 0 Å². The van der Waals surface area contributed by atoms with Crippen LogP contribution in [0.25, 0.3) is 75.4 Å². The van der Waals surface area contributed by atoms with Crippen molar-refractivity contribution in [3.05, 3.63) is 170 Å². The van der Waals surface area contributed by atoms with Gasteiger partial charge in [0, 0.05) is 44.9 Å². The van der Waals surface area contributed by atoms with Crippen LogP contribution in [0, 0.1) is 0 Å². The molecule has 49 heavy (non-hydrogen) atoms. The zero-order chi connectivity index (χ0) is 32.3. The zero-order valence-electron chi connectivity index (χ0n) is 26.4. The average Bonchev–Trinajstić information content (AvgIpc) is 3.78. The molecule has 10 aromatic rings. The molecule has 8 aromatic carbocycles. The first-order valence-electron chi connectivity index (χ1n) is 16.5. The van der Waals surface area contributed by atoms with Crippen molar-refractivity contribution < 1.29 is 4.42 Å². The summed E-state index contributed by atoms with van der Waals surface area (Å²) in [5.74, 6) is 0. The molecule has 0 amide bonds. The van der Waals surface area contributed by atoms with E-state index < -0.39 is 0 Å². The first kappa shape index (κ1) is 27.8. The molecule has 10 rings (SSSR count). The molecule has 3 nitrogen and oxygen atoms in total. The summed E-state index contributed by atoms with van der Waals surface area (Å²) in [7, 11) is 0. The molecule has 0 N–H and O–H groups in total. The topological polar surface area (TPSA) is 29.3 Å². The van der Waals surface area contributed by atoms with Crippen molar-refractivity contribution in [1.82, 2.24) is 4.98 Å². The predicted molar refractivity (Wildman–Crippen MR) is 207 cm³/mol. The van der Waals surface area contributed by atoms with Crippen LogP contribution in [-0.4, -0.2) is 4.98 Å². The lowest BCUT2D eigenvalue weighted by molar-refractivity contribution is 0.669. The normalized spacial score (nSPS) is 11.7. The fourth-order valence-electron chi connectivity index (χ4n) is 7.11. The van der Waals surface area contributed by atoms with E-state index in [1.165, 1.54) is 37.4 Å². The molecule has 0 saturated carbocycles. The van der Waals surface area contributed by atoms with Gasteiger partial charge < -0.3 is 9.32 Å². The number of furan rings is 1. The van der Waals surface area contributed by atoms with Crippen molar-refractivity contribution in [2.24, 2.45) is 0 Å². The van der Waals surface area contributed by atoms with Gasteiger partial charge in [0.1, 0.15) is 16.2 Å². The summed E-state index contributed by atoms with van der Waals surface area (Å²) in [6.45, 7) is 0. The molecule has 2 heterocycles. The highest BCUT2D eigenvalue weighted by Crippen LogP contribution is 2.43. The second-order valence-electron chi connectivity index (χ2n) is 12.4. The monoisotopic (exact) mass is 644 g/mol. The molecule has 0 aliphatic carbocycles. The van der Waals surface area contributed by atoms with Crippen molar-refractivity contribution in [1.29, 1.82) is 0 Å². The third kappa shape index (κ3) is 4.68. The Hall–Kier alpha value is -6.23.